The quantitative estimate of drug-likeness (QED) is 0.756. The molecule has 2 aromatic rings. The molecule has 2 rings (SSSR count). The predicted molar refractivity (Wildman–Crippen MR) is 101 cm³/mol. The fourth-order valence-electron chi connectivity index (χ4n) is 2.05. The molecule has 2 aromatic carbocycles. The third-order valence-corrected chi connectivity index (χ3v) is 4.90. The second-order valence-corrected chi connectivity index (χ2v) is 7.19. The zero-order valence-electron chi connectivity index (χ0n) is 13.7. The molecule has 1 atom stereocenters. The van der Waals surface area contributed by atoms with Crippen LogP contribution in [0.25, 0.3) is 0 Å². The lowest BCUT2D eigenvalue weighted by Crippen LogP contribution is -2.22. The number of halogens is 1. The Morgan fingerprint density at radius 1 is 1.08 bits per heavy atom. The summed E-state index contributed by atoms with van der Waals surface area (Å²) in [7, 11) is 0. The van der Waals surface area contributed by atoms with Crippen LogP contribution in [0.4, 0.5) is 11.4 Å². The van der Waals surface area contributed by atoms with Gasteiger partial charge in [0.05, 0.1) is 5.25 Å². The summed E-state index contributed by atoms with van der Waals surface area (Å²) in [5.74, 6) is -0.198. The molecule has 4 nitrogen and oxygen atoms in total. The van der Waals surface area contributed by atoms with Gasteiger partial charge in [0.15, 0.2) is 0 Å². The van der Waals surface area contributed by atoms with Crippen LogP contribution in [0.1, 0.15) is 19.4 Å². The van der Waals surface area contributed by atoms with Crippen LogP contribution in [-0.4, -0.2) is 17.1 Å². The molecule has 0 fully saturated rings. The number of rotatable bonds is 5. The number of carbonyl (C=O) groups is 2. The second kappa shape index (κ2) is 8.22. The molecule has 0 heterocycles. The van der Waals surface area contributed by atoms with Gasteiger partial charge in [-0.2, -0.15) is 0 Å². The van der Waals surface area contributed by atoms with Crippen molar-refractivity contribution in [3.8, 4) is 0 Å². The van der Waals surface area contributed by atoms with Gasteiger partial charge in [-0.1, -0.05) is 17.7 Å². The normalized spacial score (nSPS) is 11.7. The fourth-order valence-corrected chi connectivity index (χ4v) is 3.10. The van der Waals surface area contributed by atoms with Crippen molar-refractivity contribution >= 4 is 46.6 Å². The molecule has 2 amide bonds. The summed E-state index contributed by atoms with van der Waals surface area (Å²) in [4.78, 5) is 24.3. The molecule has 126 valence electrons. The van der Waals surface area contributed by atoms with E-state index < -0.39 is 0 Å². The van der Waals surface area contributed by atoms with E-state index in [1.54, 1.807) is 6.07 Å². The molecular formula is C18H19ClN2O2S. The molecule has 0 saturated heterocycles. The van der Waals surface area contributed by atoms with E-state index in [0.717, 1.165) is 21.8 Å². The lowest BCUT2D eigenvalue weighted by atomic mass is 10.2. The van der Waals surface area contributed by atoms with E-state index in [4.69, 9.17) is 11.6 Å². The molecular weight excluding hydrogens is 344 g/mol. The summed E-state index contributed by atoms with van der Waals surface area (Å²) >= 11 is 7.52. The first-order chi connectivity index (χ1) is 11.4. The molecule has 6 heteroatoms. The standard InChI is InChI=1S/C18H19ClN2O2S/c1-11-16(19)5-4-6-17(11)21-18(23)12(2)24-15-9-7-14(8-10-15)20-13(3)22/h4-10,12H,1-3H3,(H,20,22)(H,21,23). The summed E-state index contributed by atoms with van der Waals surface area (Å²) in [6.07, 6.45) is 0. The second-order valence-electron chi connectivity index (χ2n) is 5.37. The highest BCUT2D eigenvalue weighted by Gasteiger charge is 2.16. The van der Waals surface area contributed by atoms with E-state index in [0.29, 0.717) is 5.02 Å². The number of benzene rings is 2. The highest BCUT2D eigenvalue weighted by Crippen LogP contribution is 2.27. The van der Waals surface area contributed by atoms with E-state index in [-0.39, 0.29) is 17.1 Å². The van der Waals surface area contributed by atoms with Crippen molar-refractivity contribution < 1.29 is 9.59 Å². The number of hydrogen-bond acceptors (Lipinski definition) is 3. The van der Waals surface area contributed by atoms with Crippen molar-refractivity contribution in [3.05, 3.63) is 53.1 Å². The first-order valence-corrected chi connectivity index (χ1v) is 8.73. The monoisotopic (exact) mass is 362 g/mol. The van der Waals surface area contributed by atoms with Crippen LogP contribution in [0.2, 0.25) is 5.02 Å². The van der Waals surface area contributed by atoms with Gasteiger partial charge in [-0.25, -0.2) is 0 Å². The van der Waals surface area contributed by atoms with Crippen LogP contribution in [0.3, 0.4) is 0 Å². The molecule has 0 spiro atoms. The van der Waals surface area contributed by atoms with Crippen LogP contribution in [0.15, 0.2) is 47.4 Å². The highest BCUT2D eigenvalue weighted by molar-refractivity contribution is 8.00. The van der Waals surface area contributed by atoms with Gasteiger partial charge in [-0.15, -0.1) is 11.8 Å². The topological polar surface area (TPSA) is 58.2 Å². The van der Waals surface area contributed by atoms with Crippen LogP contribution in [0.5, 0.6) is 0 Å². The number of hydrogen-bond donors (Lipinski definition) is 2. The minimum Gasteiger partial charge on any atom is -0.326 e. The van der Waals surface area contributed by atoms with Crippen molar-refractivity contribution in [2.24, 2.45) is 0 Å². The first kappa shape index (κ1) is 18.4. The van der Waals surface area contributed by atoms with Crippen LogP contribution in [-0.2, 0) is 9.59 Å². The number of thioether (sulfide) groups is 1. The average molecular weight is 363 g/mol. The predicted octanol–water partition coefficient (Wildman–Crippen LogP) is 4.73. The van der Waals surface area contributed by atoms with E-state index in [1.165, 1.54) is 18.7 Å². The number of nitrogens with one attached hydrogen (secondary N) is 2. The molecule has 0 radical (unpaired) electrons. The smallest absolute Gasteiger partial charge is 0.237 e. The van der Waals surface area contributed by atoms with Gasteiger partial charge in [0, 0.05) is 28.2 Å². The molecule has 0 bridgehead atoms. The van der Waals surface area contributed by atoms with Crippen LogP contribution >= 0.6 is 23.4 Å². The van der Waals surface area contributed by atoms with Gasteiger partial charge in [0.2, 0.25) is 11.8 Å². The highest BCUT2D eigenvalue weighted by atomic mass is 35.5. The van der Waals surface area contributed by atoms with Gasteiger partial charge in [0.1, 0.15) is 0 Å². The Kier molecular flexibility index (Phi) is 6.29. The third kappa shape index (κ3) is 5.01. The first-order valence-electron chi connectivity index (χ1n) is 7.47. The maximum atomic E-state index is 12.4. The molecule has 0 saturated carbocycles. The number of carbonyl (C=O) groups excluding carboxylic acids is 2. The maximum Gasteiger partial charge on any atom is 0.237 e. The zero-order chi connectivity index (χ0) is 17.7. The lowest BCUT2D eigenvalue weighted by Gasteiger charge is -2.14. The van der Waals surface area contributed by atoms with Crippen LogP contribution in [0, 0.1) is 6.92 Å². The van der Waals surface area contributed by atoms with Crippen molar-refractivity contribution in [2.75, 3.05) is 10.6 Å². The Morgan fingerprint density at radius 3 is 2.38 bits per heavy atom. The van der Waals surface area contributed by atoms with Gasteiger partial charge in [-0.05, 0) is 55.8 Å². The van der Waals surface area contributed by atoms with E-state index in [2.05, 4.69) is 10.6 Å². The summed E-state index contributed by atoms with van der Waals surface area (Å²) in [5, 5.41) is 5.98. The lowest BCUT2D eigenvalue weighted by molar-refractivity contribution is -0.115. The Labute approximate surface area is 151 Å². The Morgan fingerprint density at radius 2 is 1.75 bits per heavy atom. The Balaban J connectivity index is 1.98. The molecule has 0 aliphatic rings. The minimum absolute atomic E-state index is 0.0868. The van der Waals surface area contributed by atoms with E-state index in [9.17, 15) is 9.59 Å². The van der Waals surface area contributed by atoms with Gasteiger partial charge in [-0.3, -0.25) is 9.59 Å². The minimum atomic E-state index is -0.269. The molecule has 2 N–H and O–H groups in total. The summed E-state index contributed by atoms with van der Waals surface area (Å²) < 4.78 is 0. The number of anilines is 2. The van der Waals surface area contributed by atoms with Crippen molar-refractivity contribution in [2.45, 2.75) is 30.9 Å². The largest absolute Gasteiger partial charge is 0.326 e. The van der Waals surface area contributed by atoms with E-state index >= 15 is 0 Å². The molecule has 0 aromatic heterocycles. The van der Waals surface area contributed by atoms with Crippen molar-refractivity contribution in [3.63, 3.8) is 0 Å². The van der Waals surface area contributed by atoms with E-state index in [1.807, 2.05) is 50.2 Å². The SMILES string of the molecule is CC(=O)Nc1ccc(SC(C)C(=O)Nc2cccc(Cl)c2C)cc1. The molecule has 24 heavy (non-hydrogen) atoms. The number of amides is 2. The van der Waals surface area contributed by atoms with Crippen molar-refractivity contribution in [1.29, 1.82) is 0 Å². The summed E-state index contributed by atoms with van der Waals surface area (Å²) in [6.45, 7) is 5.19. The van der Waals surface area contributed by atoms with Crippen LogP contribution < -0.4 is 10.6 Å². The average Bonchev–Trinajstić information content (AvgIpc) is 2.53. The van der Waals surface area contributed by atoms with Gasteiger partial charge >= 0.3 is 0 Å². The molecule has 0 aliphatic carbocycles. The van der Waals surface area contributed by atoms with Gasteiger partial charge < -0.3 is 10.6 Å². The summed E-state index contributed by atoms with van der Waals surface area (Å²) in [5.41, 5.74) is 2.31. The molecule has 0 aliphatic heterocycles. The maximum absolute atomic E-state index is 12.4. The third-order valence-electron chi connectivity index (χ3n) is 3.38. The fraction of sp³-hybridized carbons (Fsp3) is 0.222. The molecule has 1 unspecified atom stereocenters. The van der Waals surface area contributed by atoms with Gasteiger partial charge in [0.25, 0.3) is 0 Å². The summed E-state index contributed by atoms with van der Waals surface area (Å²) in [6, 6.07) is 12.8. The van der Waals surface area contributed by atoms with Crippen molar-refractivity contribution in [1.82, 2.24) is 0 Å². The zero-order valence-corrected chi connectivity index (χ0v) is 15.3. The Hall–Kier alpha value is -1.98. The Bertz CT molecular complexity index is 747.